The number of rotatable bonds is 10. The zero-order chi connectivity index (χ0) is 30.5. The van der Waals surface area contributed by atoms with Crippen molar-refractivity contribution in [1.82, 2.24) is 25.2 Å². The van der Waals surface area contributed by atoms with Crippen LogP contribution < -0.4 is 10.6 Å². The van der Waals surface area contributed by atoms with E-state index in [1.807, 2.05) is 60.7 Å². The zero-order valence-electron chi connectivity index (χ0n) is 25.0. The van der Waals surface area contributed by atoms with Gasteiger partial charge in [-0.15, -0.1) is 0 Å². The van der Waals surface area contributed by atoms with Gasteiger partial charge >= 0.3 is 5.97 Å². The van der Waals surface area contributed by atoms with E-state index in [0.29, 0.717) is 79.9 Å². The first-order valence-corrected chi connectivity index (χ1v) is 15.4. The number of carbonyl (C=O) groups is 3. The minimum atomic E-state index is -0.775. The Morgan fingerprint density at radius 3 is 2.34 bits per heavy atom. The fourth-order valence-corrected chi connectivity index (χ4v) is 6.02. The van der Waals surface area contributed by atoms with Crippen molar-refractivity contribution < 1.29 is 19.1 Å². The summed E-state index contributed by atoms with van der Waals surface area (Å²) in [5.41, 5.74) is 1.96. The Kier molecular flexibility index (Phi) is 8.58. The molecule has 10 heteroatoms. The third kappa shape index (κ3) is 6.15. The number of amides is 2. The van der Waals surface area contributed by atoms with Crippen molar-refractivity contribution in [3.63, 3.8) is 0 Å². The van der Waals surface area contributed by atoms with Gasteiger partial charge in [0.2, 0.25) is 5.91 Å². The summed E-state index contributed by atoms with van der Waals surface area (Å²) in [5.74, 6) is 1.11. The maximum absolute atomic E-state index is 13.8. The number of anilines is 1. The van der Waals surface area contributed by atoms with Crippen LogP contribution in [0.25, 0.3) is 22.4 Å². The Morgan fingerprint density at radius 2 is 1.68 bits per heavy atom. The number of aromatic nitrogens is 3. The Hall–Kier alpha value is -4.73. The molecule has 3 N–H and O–H groups in total. The molecule has 1 aliphatic carbocycles. The maximum Gasteiger partial charge on any atom is 0.316 e. The van der Waals surface area contributed by atoms with Crippen molar-refractivity contribution in [2.45, 2.75) is 44.4 Å². The number of esters is 1. The first kappa shape index (κ1) is 29.3. The molecule has 0 radical (unpaired) electrons. The number of carbonyl (C=O) groups excluding carboxylic acids is 3. The summed E-state index contributed by atoms with van der Waals surface area (Å²) in [6.45, 7) is 3.67. The molecule has 1 saturated carbocycles. The van der Waals surface area contributed by atoms with Crippen LogP contribution in [0.5, 0.6) is 0 Å². The highest BCUT2D eigenvalue weighted by Crippen LogP contribution is 2.38. The van der Waals surface area contributed by atoms with Crippen LogP contribution in [-0.2, 0) is 19.7 Å². The molecule has 4 aromatic rings. The van der Waals surface area contributed by atoms with Gasteiger partial charge in [-0.1, -0.05) is 67.1 Å². The standard InChI is InChI=1S/C34H38N6O4/c1-23(41)35-17-18-36-30-27-21-28(37-31(27)39-29(38-30)25-11-4-2-5-12-25)32(42)40-19-15-34(16-20-40,26-13-6-3-7-14-26)33(43)44-22-24-9-8-10-24/h2-7,11-14,21,24H,8-10,15-20,22H2,1H3,(H,35,41)(H2,36,37,38,39). The number of H-pyrrole nitrogens is 1. The smallest absolute Gasteiger partial charge is 0.316 e. The lowest BCUT2D eigenvalue weighted by molar-refractivity contribution is -0.155. The Balaban J connectivity index is 1.22. The van der Waals surface area contributed by atoms with Crippen molar-refractivity contribution in [2.75, 3.05) is 38.1 Å². The molecule has 0 unspecified atom stereocenters. The van der Waals surface area contributed by atoms with E-state index in [1.54, 1.807) is 11.0 Å². The highest BCUT2D eigenvalue weighted by atomic mass is 16.5. The quantitative estimate of drug-likeness (QED) is 0.179. The van der Waals surface area contributed by atoms with Crippen molar-refractivity contribution in [2.24, 2.45) is 5.92 Å². The van der Waals surface area contributed by atoms with E-state index >= 15 is 0 Å². The van der Waals surface area contributed by atoms with Gasteiger partial charge in [-0.2, -0.15) is 0 Å². The van der Waals surface area contributed by atoms with Gasteiger partial charge in [-0.05, 0) is 43.2 Å². The van der Waals surface area contributed by atoms with Crippen LogP contribution in [0, 0.1) is 5.92 Å². The van der Waals surface area contributed by atoms with E-state index in [9.17, 15) is 14.4 Å². The first-order valence-electron chi connectivity index (χ1n) is 15.4. The molecule has 2 aromatic heterocycles. The second-order valence-corrected chi connectivity index (χ2v) is 11.8. The zero-order valence-corrected chi connectivity index (χ0v) is 25.0. The molecular formula is C34H38N6O4. The van der Waals surface area contributed by atoms with E-state index in [1.165, 1.54) is 13.3 Å². The van der Waals surface area contributed by atoms with Crippen molar-refractivity contribution in [3.05, 3.63) is 78.0 Å². The van der Waals surface area contributed by atoms with Gasteiger partial charge in [0.1, 0.15) is 17.2 Å². The van der Waals surface area contributed by atoms with Crippen LogP contribution >= 0.6 is 0 Å². The van der Waals surface area contributed by atoms with Crippen LogP contribution in [0.15, 0.2) is 66.7 Å². The minimum absolute atomic E-state index is 0.108. The van der Waals surface area contributed by atoms with Gasteiger partial charge in [0.05, 0.1) is 17.4 Å². The normalized spacial score (nSPS) is 16.2. The SMILES string of the molecule is CC(=O)NCCNc1nc(-c2ccccc2)nc2[nH]c(C(=O)N3CCC(C(=O)OCC4CCC4)(c4ccccc4)CC3)cc12. The minimum Gasteiger partial charge on any atom is -0.465 e. The number of nitrogens with one attached hydrogen (secondary N) is 3. The number of hydrogen-bond acceptors (Lipinski definition) is 7. The molecule has 1 saturated heterocycles. The topological polar surface area (TPSA) is 129 Å². The summed E-state index contributed by atoms with van der Waals surface area (Å²) in [4.78, 5) is 53.2. The molecule has 0 atom stereocenters. The summed E-state index contributed by atoms with van der Waals surface area (Å²) in [7, 11) is 0. The number of nitrogens with zero attached hydrogens (tertiary/aromatic N) is 3. The lowest BCUT2D eigenvalue weighted by Gasteiger charge is -2.40. The molecule has 44 heavy (non-hydrogen) atoms. The molecule has 1 aliphatic heterocycles. The summed E-state index contributed by atoms with van der Waals surface area (Å²) >= 11 is 0. The number of piperidine rings is 1. The second-order valence-electron chi connectivity index (χ2n) is 11.8. The number of ether oxygens (including phenoxy) is 1. The van der Waals surface area contributed by atoms with Crippen LogP contribution in [0.1, 0.15) is 55.1 Å². The predicted octanol–water partition coefficient (Wildman–Crippen LogP) is 4.69. The number of likely N-dealkylation sites (tertiary alicyclic amines) is 1. The molecule has 6 rings (SSSR count). The highest BCUT2D eigenvalue weighted by molar-refractivity contribution is 6.00. The lowest BCUT2D eigenvalue weighted by Crippen LogP contribution is -2.50. The molecule has 10 nitrogen and oxygen atoms in total. The summed E-state index contributed by atoms with van der Waals surface area (Å²) in [5, 5.41) is 6.75. The molecular weight excluding hydrogens is 556 g/mol. The predicted molar refractivity (Wildman–Crippen MR) is 168 cm³/mol. The fraction of sp³-hybridized carbons (Fsp3) is 0.382. The van der Waals surface area contributed by atoms with Gasteiger partial charge in [-0.3, -0.25) is 14.4 Å². The van der Waals surface area contributed by atoms with Crippen LogP contribution in [0.4, 0.5) is 5.82 Å². The highest BCUT2D eigenvalue weighted by Gasteiger charge is 2.45. The van der Waals surface area contributed by atoms with E-state index in [-0.39, 0.29) is 17.8 Å². The average molecular weight is 595 g/mol. The molecule has 0 spiro atoms. The molecule has 2 amide bonds. The number of aromatic amines is 1. The van der Waals surface area contributed by atoms with Gasteiger partial charge in [0.15, 0.2) is 5.82 Å². The fourth-order valence-electron chi connectivity index (χ4n) is 6.02. The molecule has 2 fully saturated rings. The second kappa shape index (κ2) is 12.9. The number of benzene rings is 2. The van der Waals surface area contributed by atoms with Crippen LogP contribution in [0.3, 0.4) is 0 Å². The van der Waals surface area contributed by atoms with Crippen molar-refractivity contribution >= 4 is 34.6 Å². The number of hydrogen-bond donors (Lipinski definition) is 3. The monoisotopic (exact) mass is 594 g/mol. The van der Waals surface area contributed by atoms with Gasteiger partial charge in [-0.25, -0.2) is 9.97 Å². The lowest BCUT2D eigenvalue weighted by atomic mass is 9.72. The van der Waals surface area contributed by atoms with Gasteiger partial charge in [0.25, 0.3) is 5.91 Å². The summed E-state index contributed by atoms with van der Waals surface area (Å²) < 4.78 is 5.88. The number of fused-ring (bicyclic) bond motifs is 1. The van der Waals surface area contributed by atoms with Crippen molar-refractivity contribution in [3.8, 4) is 11.4 Å². The summed E-state index contributed by atoms with van der Waals surface area (Å²) in [6.07, 6.45) is 4.40. The summed E-state index contributed by atoms with van der Waals surface area (Å²) in [6, 6.07) is 21.2. The largest absolute Gasteiger partial charge is 0.465 e. The molecule has 2 aromatic carbocycles. The van der Waals surface area contributed by atoms with Gasteiger partial charge < -0.3 is 25.3 Å². The van der Waals surface area contributed by atoms with Gasteiger partial charge in [0, 0.05) is 38.7 Å². The van der Waals surface area contributed by atoms with Crippen LogP contribution in [0.2, 0.25) is 0 Å². The van der Waals surface area contributed by atoms with E-state index in [2.05, 4.69) is 15.6 Å². The molecule has 3 heterocycles. The third-order valence-electron chi connectivity index (χ3n) is 8.84. The Labute approximate surface area is 256 Å². The molecule has 2 aliphatic rings. The Morgan fingerprint density at radius 1 is 0.977 bits per heavy atom. The van der Waals surface area contributed by atoms with Crippen LogP contribution in [-0.4, -0.2) is 70.4 Å². The van der Waals surface area contributed by atoms with Crippen molar-refractivity contribution in [1.29, 1.82) is 0 Å². The Bertz CT molecular complexity index is 1630. The maximum atomic E-state index is 13.8. The first-order chi connectivity index (χ1) is 21.4. The van der Waals surface area contributed by atoms with E-state index in [4.69, 9.17) is 14.7 Å². The average Bonchev–Trinajstić information content (AvgIpc) is 3.47. The van der Waals surface area contributed by atoms with E-state index < -0.39 is 5.41 Å². The van der Waals surface area contributed by atoms with E-state index in [0.717, 1.165) is 24.0 Å². The third-order valence-corrected chi connectivity index (χ3v) is 8.84. The molecule has 228 valence electrons. The molecule has 0 bridgehead atoms.